The highest BCUT2D eigenvalue weighted by molar-refractivity contribution is 5.82. The number of carbonyl (C=O) groups is 2. The van der Waals surface area contributed by atoms with Gasteiger partial charge in [-0.1, -0.05) is 12.1 Å². The molecule has 0 spiro atoms. The minimum Gasteiger partial charge on any atom is -0.493 e. The minimum absolute atomic E-state index is 0.321. The average molecular weight is 253 g/mol. The van der Waals surface area contributed by atoms with Gasteiger partial charge in [0.2, 0.25) is 0 Å². The predicted molar refractivity (Wildman–Crippen MR) is 63.2 cm³/mol. The second-order valence-electron chi connectivity index (χ2n) is 3.47. The van der Waals surface area contributed by atoms with Crippen molar-refractivity contribution in [2.24, 2.45) is 5.73 Å². The van der Waals surface area contributed by atoms with Gasteiger partial charge in [-0.25, -0.2) is 4.79 Å². The van der Waals surface area contributed by atoms with Gasteiger partial charge in [-0.15, -0.1) is 0 Å². The van der Waals surface area contributed by atoms with E-state index in [1.807, 2.05) is 0 Å². The van der Waals surface area contributed by atoms with Crippen molar-refractivity contribution in [3.05, 3.63) is 24.3 Å². The molecule has 6 heteroatoms. The van der Waals surface area contributed by atoms with E-state index < -0.39 is 18.0 Å². The lowest BCUT2D eigenvalue weighted by molar-refractivity contribution is -0.155. The molecule has 1 rings (SSSR count). The Kier molecular flexibility index (Phi) is 4.98. The third kappa shape index (κ3) is 3.97. The van der Waals surface area contributed by atoms with Crippen LogP contribution in [-0.2, 0) is 14.3 Å². The van der Waals surface area contributed by atoms with Crippen LogP contribution in [0.1, 0.15) is 6.92 Å². The number of hydrogen-bond donors (Lipinski definition) is 1. The fourth-order valence-electron chi connectivity index (χ4n) is 1.16. The summed E-state index contributed by atoms with van der Waals surface area (Å²) >= 11 is 0. The lowest BCUT2D eigenvalue weighted by Crippen LogP contribution is -2.32. The fourth-order valence-corrected chi connectivity index (χ4v) is 1.16. The molecule has 0 aliphatic rings. The van der Waals surface area contributed by atoms with Gasteiger partial charge in [-0.3, -0.25) is 4.79 Å². The van der Waals surface area contributed by atoms with Crippen LogP contribution in [0.5, 0.6) is 11.5 Å². The van der Waals surface area contributed by atoms with Crippen LogP contribution in [0.15, 0.2) is 24.3 Å². The van der Waals surface area contributed by atoms with Crippen molar-refractivity contribution in [1.82, 2.24) is 0 Å². The zero-order valence-corrected chi connectivity index (χ0v) is 10.2. The van der Waals surface area contributed by atoms with Gasteiger partial charge >= 0.3 is 5.97 Å². The first-order chi connectivity index (χ1) is 8.54. The lowest BCUT2D eigenvalue weighted by Gasteiger charge is -2.12. The molecule has 0 unspecified atom stereocenters. The molecule has 6 nitrogen and oxygen atoms in total. The molecule has 0 aliphatic carbocycles. The van der Waals surface area contributed by atoms with Crippen LogP contribution in [0.25, 0.3) is 0 Å². The maximum Gasteiger partial charge on any atom is 0.344 e. The summed E-state index contributed by atoms with van der Waals surface area (Å²) < 4.78 is 15.0. The maximum absolute atomic E-state index is 11.3. The Morgan fingerprint density at radius 3 is 2.44 bits per heavy atom. The van der Waals surface area contributed by atoms with Crippen molar-refractivity contribution in [2.45, 2.75) is 13.0 Å². The Morgan fingerprint density at radius 1 is 1.28 bits per heavy atom. The molecule has 0 fully saturated rings. The number of methoxy groups -OCH3 is 1. The van der Waals surface area contributed by atoms with Crippen LogP contribution in [0.2, 0.25) is 0 Å². The van der Waals surface area contributed by atoms with E-state index in [9.17, 15) is 9.59 Å². The second kappa shape index (κ2) is 6.48. The Balaban J connectivity index is 2.50. The number of ether oxygens (including phenoxy) is 3. The average Bonchev–Trinajstić information content (AvgIpc) is 2.36. The summed E-state index contributed by atoms with van der Waals surface area (Å²) in [7, 11) is 1.50. The number of benzene rings is 1. The van der Waals surface area contributed by atoms with Crippen LogP contribution in [-0.4, -0.2) is 31.7 Å². The summed E-state index contributed by atoms with van der Waals surface area (Å²) in [4.78, 5) is 22.0. The highest BCUT2D eigenvalue weighted by Crippen LogP contribution is 2.25. The van der Waals surface area contributed by atoms with Gasteiger partial charge < -0.3 is 19.9 Å². The molecule has 1 aromatic rings. The van der Waals surface area contributed by atoms with Gasteiger partial charge in [0.05, 0.1) is 7.11 Å². The summed E-state index contributed by atoms with van der Waals surface area (Å²) in [6.45, 7) is 1.07. The Hall–Kier alpha value is -2.24. The molecule has 98 valence electrons. The predicted octanol–water partition coefficient (Wildman–Crippen LogP) is 0.491. The smallest absolute Gasteiger partial charge is 0.344 e. The van der Waals surface area contributed by atoms with Crippen molar-refractivity contribution >= 4 is 11.9 Å². The maximum atomic E-state index is 11.3. The van der Waals surface area contributed by atoms with Crippen molar-refractivity contribution in [2.75, 3.05) is 13.7 Å². The van der Waals surface area contributed by atoms with E-state index in [1.165, 1.54) is 14.0 Å². The summed E-state index contributed by atoms with van der Waals surface area (Å²) in [6, 6.07) is 6.88. The van der Waals surface area contributed by atoms with Crippen LogP contribution >= 0.6 is 0 Å². The molecule has 0 bridgehead atoms. The number of hydrogen-bond acceptors (Lipinski definition) is 5. The van der Waals surface area contributed by atoms with E-state index in [0.29, 0.717) is 11.5 Å². The normalized spacial score (nSPS) is 11.4. The van der Waals surface area contributed by atoms with E-state index in [2.05, 4.69) is 0 Å². The van der Waals surface area contributed by atoms with E-state index in [0.717, 1.165) is 0 Å². The number of rotatable bonds is 6. The van der Waals surface area contributed by atoms with Crippen LogP contribution in [0.4, 0.5) is 0 Å². The molecule has 1 atom stereocenters. The van der Waals surface area contributed by atoms with Gasteiger partial charge in [0.25, 0.3) is 5.91 Å². The number of esters is 1. The molecule has 0 aliphatic heterocycles. The largest absolute Gasteiger partial charge is 0.493 e. The van der Waals surface area contributed by atoms with Gasteiger partial charge in [0.1, 0.15) is 0 Å². The van der Waals surface area contributed by atoms with Crippen molar-refractivity contribution in [1.29, 1.82) is 0 Å². The van der Waals surface area contributed by atoms with Crippen LogP contribution < -0.4 is 15.2 Å². The number of primary amides is 1. The Morgan fingerprint density at radius 2 is 1.89 bits per heavy atom. The molecule has 0 radical (unpaired) electrons. The molecule has 18 heavy (non-hydrogen) atoms. The van der Waals surface area contributed by atoms with E-state index in [-0.39, 0.29) is 6.61 Å². The van der Waals surface area contributed by atoms with Crippen molar-refractivity contribution in [3.8, 4) is 11.5 Å². The van der Waals surface area contributed by atoms with Gasteiger partial charge in [0, 0.05) is 0 Å². The highest BCUT2D eigenvalue weighted by Gasteiger charge is 2.15. The first kappa shape index (κ1) is 13.8. The summed E-state index contributed by atoms with van der Waals surface area (Å²) in [5.74, 6) is -0.454. The molecule has 0 aromatic heterocycles. The second-order valence-corrected chi connectivity index (χ2v) is 3.47. The number of carbonyl (C=O) groups excluding carboxylic acids is 2. The standard InChI is InChI=1S/C12H15NO5/c1-8(12(13)15)18-11(14)7-17-10-6-4-3-5-9(10)16-2/h3-6,8H,7H2,1-2H3,(H2,13,15)/t8-/m1/s1. The summed E-state index contributed by atoms with van der Waals surface area (Å²) in [5, 5.41) is 0. The SMILES string of the molecule is COc1ccccc1OCC(=O)O[C@H](C)C(N)=O. The molecular weight excluding hydrogens is 238 g/mol. The number of para-hydroxylation sites is 2. The van der Waals surface area contributed by atoms with Crippen molar-refractivity contribution in [3.63, 3.8) is 0 Å². The molecule has 1 amide bonds. The summed E-state index contributed by atoms with van der Waals surface area (Å²) in [5.41, 5.74) is 4.96. The molecule has 2 N–H and O–H groups in total. The van der Waals surface area contributed by atoms with Gasteiger partial charge in [0.15, 0.2) is 24.2 Å². The minimum atomic E-state index is -0.973. The quantitative estimate of drug-likeness (QED) is 0.745. The molecule has 0 heterocycles. The Bertz CT molecular complexity index is 432. The molecule has 0 saturated carbocycles. The fraction of sp³-hybridized carbons (Fsp3) is 0.333. The monoisotopic (exact) mass is 253 g/mol. The van der Waals surface area contributed by atoms with Crippen molar-refractivity contribution < 1.29 is 23.8 Å². The zero-order chi connectivity index (χ0) is 13.5. The highest BCUT2D eigenvalue weighted by atomic mass is 16.6. The lowest BCUT2D eigenvalue weighted by atomic mass is 10.3. The third-order valence-corrected chi connectivity index (χ3v) is 2.12. The van der Waals surface area contributed by atoms with Gasteiger partial charge in [-0.05, 0) is 19.1 Å². The van der Waals surface area contributed by atoms with Crippen LogP contribution in [0, 0.1) is 0 Å². The zero-order valence-electron chi connectivity index (χ0n) is 10.2. The number of nitrogens with two attached hydrogens (primary N) is 1. The topological polar surface area (TPSA) is 87.8 Å². The van der Waals surface area contributed by atoms with E-state index in [1.54, 1.807) is 24.3 Å². The first-order valence-corrected chi connectivity index (χ1v) is 5.29. The molecular formula is C12H15NO5. The van der Waals surface area contributed by atoms with Gasteiger partial charge in [-0.2, -0.15) is 0 Å². The molecule has 0 saturated heterocycles. The molecule has 1 aromatic carbocycles. The summed E-state index contributed by atoms with van der Waals surface area (Å²) in [6.07, 6.45) is -0.973. The number of amides is 1. The van der Waals surface area contributed by atoms with E-state index >= 15 is 0 Å². The van der Waals surface area contributed by atoms with E-state index in [4.69, 9.17) is 19.9 Å². The first-order valence-electron chi connectivity index (χ1n) is 5.29. The third-order valence-electron chi connectivity index (χ3n) is 2.12. The Labute approximate surface area is 105 Å². The van der Waals surface area contributed by atoms with Crippen LogP contribution in [0.3, 0.4) is 0 Å².